The molecule has 1 N–H and O–H groups in total. The zero-order valence-electron chi connectivity index (χ0n) is 18.5. The van der Waals surface area contributed by atoms with Crippen LogP contribution in [0.4, 0.5) is 10.1 Å². The van der Waals surface area contributed by atoms with Gasteiger partial charge < -0.3 is 10.2 Å². The second-order valence-electron chi connectivity index (χ2n) is 8.72. The van der Waals surface area contributed by atoms with E-state index in [1.807, 2.05) is 30.3 Å². The van der Waals surface area contributed by atoms with Crippen LogP contribution in [0, 0.1) is 5.82 Å². The minimum Gasteiger partial charge on any atom is -0.349 e. The number of rotatable bonds is 4. The number of halogens is 2. The van der Waals surface area contributed by atoms with Gasteiger partial charge >= 0.3 is 0 Å². The van der Waals surface area contributed by atoms with Crippen LogP contribution in [0.25, 0.3) is 0 Å². The summed E-state index contributed by atoms with van der Waals surface area (Å²) >= 11 is 7.80. The van der Waals surface area contributed by atoms with E-state index < -0.39 is 5.82 Å². The first-order valence-corrected chi connectivity index (χ1v) is 12.7. The number of hydrogen-bond donors (Lipinski definition) is 1. The minimum absolute atomic E-state index is 0.131. The summed E-state index contributed by atoms with van der Waals surface area (Å²) in [5, 5.41) is 3.41. The summed E-state index contributed by atoms with van der Waals surface area (Å²) in [5.74, 6) is -0.750. The Labute approximate surface area is 207 Å². The summed E-state index contributed by atoms with van der Waals surface area (Å²) in [6.45, 7) is 0.160. The molecule has 3 aromatic rings. The van der Waals surface area contributed by atoms with E-state index in [1.165, 1.54) is 30.3 Å². The minimum atomic E-state index is -0.432. The van der Waals surface area contributed by atoms with E-state index in [0.29, 0.717) is 22.4 Å². The molecule has 2 aliphatic rings. The van der Waals surface area contributed by atoms with Gasteiger partial charge in [0.1, 0.15) is 5.82 Å². The van der Waals surface area contributed by atoms with E-state index in [4.69, 9.17) is 11.6 Å². The Hall–Kier alpha value is -2.83. The lowest BCUT2D eigenvalue weighted by molar-refractivity contribution is 0.0925. The molecule has 34 heavy (non-hydrogen) atoms. The third-order valence-electron chi connectivity index (χ3n) is 6.38. The van der Waals surface area contributed by atoms with Gasteiger partial charge in [-0.05, 0) is 60.9 Å². The summed E-state index contributed by atoms with van der Waals surface area (Å²) in [6.07, 6.45) is 5.46. The molecule has 7 heteroatoms. The molecular weight excluding hydrogens is 471 g/mol. The van der Waals surface area contributed by atoms with Crippen molar-refractivity contribution in [3.63, 3.8) is 0 Å². The van der Waals surface area contributed by atoms with E-state index in [1.54, 1.807) is 23.1 Å². The van der Waals surface area contributed by atoms with Crippen LogP contribution in [0.3, 0.4) is 0 Å². The molecule has 0 radical (unpaired) electrons. The van der Waals surface area contributed by atoms with Crippen LogP contribution in [-0.4, -0.2) is 17.9 Å². The highest BCUT2D eigenvalue weighted by atomic mass is 35.5. The van der Waals surface area contributed by atoms with Crippen LogP contribution in [0.5, 0.6) is 0 Å². The summed E-state index contributed by atoms with van der Waals surface area (Å²) in [5.41, 5.74) is 2.36. The number of nitrogens with zero attached hydrogens (tertiary/aromatic N) is 1. The van der Waals surface area contributed by atoms with E-state index in [2.05, 4.69) is 5.32 Å². The molecule has 2 amide bonds. The molecule has 0 atom stereocenters. The van der Waals surface area contributed by atoms with Gasteiger partial charge in [0.15, 0.2) is 0 Å². The third-order valence-corrected chi connectivity index (χ3v) is 7.87. The Morgan fingerprint density at radius 2 is 1.82 bits per heavy atom. The van der Waals surface area contributed by atoms with E-state index in [-0.39, 0.29) is 29.4 Å². The monoisotopic (exact) mass is 494 g/mol. The Morgan fingerprint density at radius 3 is 2.62 bits per heavy atom. The van der Waals surface area contributed by atoms with Crippen molar-refractivity contribution in [3.8, 4) is 0 Å². The number of amides is 2. The Bertz CT molecular complexity index is 1260. The molecule has 1 aliphatic heterocycles. The van der Waals surface area contributed by atoms with Crippen molar-refractivity contribution < 1.29 is 14.0 Å². The van der Waals surface area contributed by atoms with Crippen LogP contribution < -0.4 is 10.2 Å². The molecule has 0 spiro atoms. The van der Waals surface area contributed by atoms with Crippen molar-refractivity contribution in [2.45, 2.75) is 54.5 Å². The fraction of sp³-hybridized carbons (Fsp3) is 0.259. The van der Waals surface area contributed by atoms with Gasteiger partial charge in [-0.1, -0.05) is 60.8 Å². The van der Waals surface area contributed by atoms with Crippen molar-refractivity contribution in [2.24, 2.45) is 0 Å². The number of carbonyl (C=O) groups is 2. The fourth-order valence-corrected chi connectivity index (χ4v) is 5.84. The molecule has 174 valence electrons. The lowest BCUT2D eigenvalue weighted by atomic mass is 9.95. The van der Waals surface area contributed by atoms with Crippen LogP contribution in [-0.2, 0) is 6.54 Å². The molecule has 0 unspecified atom stereocenters. The Balaban J connectivity index is 1.53. The molecule has 1 fully saturated rings. The van der Waals surface area contributed by atoms with Crippen LogP contribution in [0.2, 0.25) is 5.02 Å². The van der Waals surface area contributed by atoms with Crippen LogP contribution in [0.1, 0.15) is 58.4 Å². The number of fused-ring (bicyclic) bond motifs is 2. The average molecular weight is 495 g/mol. The third kappa shape index (κ3) is 4.70. The quantitative estimate of drug-likeness (QED) is 0.431. The lowest BCUT2D eigenvalue weighted by Crippen LogP contribution is -2.36. The first-order chi connectivity index (χ1) is 16.5. The zero-order chi connectivity index (χ0) is 23.7. The zero-order valence-corrected chi connectivity index (χ0v) is 20.1. The van der Waals surface area contributed by atoms with Gasteiger partial charge in [-0.25, -0.2) is 4.39 Å². The predicted molar refractivity (Wildman–Crippen MR) is 133 cm³/mol. The molecule has 0 aromatic heterocycles. The second kappa shape index (κ2) is 9.80. The molecule has 4 nitrogen and oxygen atoms in total. The van der Waals surface area contributed by atoms with Gasteiger partial charge in [0.25, 0.3) is 11.8 Å². The lowest BCUT2D eigenvalue weighted by Gasteiger charge is -2.25. The molecule has 1 saturated carbocycles. The average Bonchev–Trinajstić information content (AvgIpc) is 2.95. The molecule has 0 bridgehead atoms. The van der Waals surface area contributed by atoms with Crippen LogP contribution >= 0.6 is 23.4 Å². The largest absolute Gasteiger partial charge is 0.349 e. The molecule has 5 rings (SSSR count). The number of nitrogens with one attached hydrogen (secondary N) is 1. The molecule has 1 aliphatic carbocycles. The SMILES string of the molecule is O=C(NC1CCCCC1)c1ccc2c(c1)N(Cc1ccc(F)cc1Cl)C(=O)c1ccccc1S2. The standard InChI is InChI=1S/C27H24ClFN2O2S/c28-22-15-19(29)12-10-18(22)16-31-23-14-17(26(32)30-20-6-2-1-3-7-20)11-13-25(23)34-24-9-5-4-8-21(24)27(31)33/h4-5,8-15,20H,1-3,6-7,16H2,(H,30,32). The first kappa shape index (κ1) is 22.9. The number of anilines is 1. The topological polar surface area (TPSA) is 49.4 Å². The predicted octanol–water partition coefficient (Wildman–Crippen LogP) is 6.85. The maximum absolute atomic E-state index is 13.7. The first-order valence-electron chi connectivity index (χ1n) is 11.5. The summed E-state index contributed by atoms with van der Waals surface area (Å²) in [7, 11) is 0. The van der Waals surface area contributed by atoms with Crippen molar-refractivity contribution in [1.82, 2.24) is 5.32 Å². The second-order valence-corrected chi connectivity index (χ2v) is 10.2. The molecule has 3 aromatic carbocycles. The summed E-state index contributed by atoms with van der Waals surface area (Å²) in [4.78, 5) is 30.1. The number of carbonyl (C=O) groups excluding carboxylic acids is 2. The molecule has 1 heterocycles. The van der Waals surface area contributed by atoms with Crippen molar-refractivity contribution in [2.75, 3.05) is 4.90 Å². The normalized spacial score (nSPS) is 15.9. The summed E-state index contributed by atoms with van der Waals surface area (Å²) in [6, 6.07) is 17.3. The van der Waals surface area contributed by atoms with Gasteiger partial charge in [-0.3, -0.25) is 9.59 Å². The summed E-state index contributed by atoms with van der Waals surface area (Å²) < 4.78 is 13.6. The van der Waals surface area contributed by atoms with Crippen molar-refractivity contribution in [3.05, 3.63) is 88.2 Å². The van der Waals surface area contributed by atoms with E-state index >= 15 is 0 Å². The highest BCUT2D eigenvalue weighted by molar-refractivity contribution is 7.99. The Morgan fingerprint density at radius 1 is 1.03 bits per heavy atom. The van der Waals surface area contributed by atoms with E-state index in [9.17, 15) is 14.0 Å². The molecular formula is C27H24ClFN2O2S. The molecule has 0 saturated heterocycles. The van der Waals surface area contributed by atoms with Gasteiger partial charge in [0, 0.05) is 26.4 Å². The number of benzene rings is 3. The maximum atomic E-state index is 13.7. The van der Waals surface area contributed by atoms with E-state index in [0.717, 1.165) is 35.5 Å². The van der Waals surface area contributed by atoms with Gasteiger partial charge in [-0.2, -0.15) is 0 Å². The van der Waals surface area contributed by atoms with Crippen LogP contribution in [0.15, 0.2) is 70.5 Å². The fourth-order valence-electron chi connectivity index (χ4n) is 4.55. The van der Waals surface area contributed by atoms with Gasteiger partial charge in [0.2, 0.25) is 0 Å². The number of hydrogen-bond acceptors (Lipinski definition) is 3. The highest BCUT2D eigenvalue weighted by Crippen LogP contribution is 2.42. The Kier molecular flexibility index (Phi) is 6.61. The van der Waals surface area contributed by atoms with Gasteiger partial charge in [0.05, 0.1) is 17.8 Å². The smallest absolute Gasteiger partial charge is 0.259 e. The maximum Gasteiger partial charge on any atom is 0.259 e. The van der Waals surface area contributed by atoms with Crippen molar-refractivity contribution in [1.29, 1.82) is 0 Å². The highest BCUT2D eigenvalue weighted by Gasteiger charge is 2.29. The van der Waals surface area contributed by atoms with Gasteiger partial charge in [-0.15, -0.1) is 0 Å². The van der Waals surface area contributed by atoms with Crippen molar-refractivity contribution >= 4 is 40.9 Å².